The first-order chi connectivity index (χ1) is 9.72. The van der Waals surface area contributed by atoms with Gasteiger partial charge in [-0.3, -0.25) is 9.48 Å². The highest BCUT2D eigenvalue weighted by molar-refractivity contribution is 5.95. The van der Waals surface area contributed by atoms with Crippen molar-refractivity contribution in [2.24, 2.45) is 7.05 Å². The maximum absolute atomic E-state index is 11.7. The molecule has 0 bridgehead atoms. The van der Waals surface area contributed by atoms with Crippen molar-refractivity contribution in [3.05, 3.63) is 42.2 Å². The van der Waals surface area contributed by atoms with E-state index in [1.807, 2.05) is 48.6 Å². The van der Waals surface area contributed by atoms with Gasteiger partial charge in [0.1, 0.15) is 0 Å². The van der Waals surface area contributed by atoms with Gasteiger partial charge in [-0.05, 0) is 30.7 Å². The van der Waals surface area contributed by atoms with E-state index in [1.54, 1.807) is 4.68 Å². The lowest BCUT2D eigenvalue weighted by Crippen LogP contribution is -2.23. The minimum absolute atomic E-state index is 0.223. The Hall–Kier alpha value is -2.30. The van der Waals surface area contributed by atoms with Crippen LogP contribution in [0.15, 0.2) is 36.7 Å². The lowest BCUT2D eigenvalue weighted by atomic mass is 10.2. The van der Waals surface area contributed by atoms with E-state index in [4.69, 9.17) is 0 Å². The lowest BCUT2D eigenvalue weighted by molar-refractivity contribution is -0.117. The van der Waals surface area contributed by atoms with Crippen LogP contribution in [0.25, 0.3) is 0 Å². The fourth-order valence-electron chi connectivity index (χ4n) is 2.45. The first kappa shape index (κ1) is 12.7. The zero-order valence-electron chi connectivity index (χ0n) is 11.5. The number of aromatic nitrogens is 2. The molecular formula is C15H18N4O. The molecule has 5 nitrogen and oxygen atoms in total. The fourth-order valence-corrected chi connectivity index (χ4v) is 2.45. The molecule has 1 N–H and O–H groups in total. The minimum Gasteiger partial charge on any atom is -0.381 e. The van der Waals surface area contributed by atoms with Crippen LogP contribution in [0.2, 0.25) is 0 Å². The fraction of sp³-hybridized carbons (Fsp3) is 0.333. The van der Waals surface area contributed by atoms with E-state index in [2.05, 4.69) is 10.4 Å². The summed E-state index contributed by atoms with van der Waals surface area (Å²) in [5.41, 5.74) is 3.18. The molecule has 3 rings (SSSR count). The Morgan fingerprint density at radius 2 is 2.10 bits per heavy atom. The molecule has 0 atom stereocenters. The van der Waals surface area contributed by atoms with Gasteiger partial charge in [-0.25, -0.2) is 0 Å². The van der Waals surface area contributed by atoms with Crippen LogP contribution in [0.4, 0.5) is 11.4 Å². The highest BCUT2D eigenvalue weighted by Crippen LogP contribution is 2.23. The first-order valence-corrected chi connectivity index (χ1v) is 6.84. The standard InChI is InChI=1S/C15H18N4O/c1-18-11-12(10-17-18)9-16-13-4-6-14(7-5-13)19-8-2-3-15(19)20/h4-7,10-11,16H,2-3,8-9H2,1H3. The van der Waals surface area contributed by atoms with Crippen LogP contribution in [0.3, 0.4) is 0 Å². The molecule has 1 aromatic carbocycles. The van der Waals surface area contributed by atoms with Gasteiger partial charge in [0.05, 0.1) is 6.20 Å². The second-order valence-electron chi connectivity index (χ2n) is 5.07. The van der Waals surface area contributed by atoms with Crippen molar-refractivity contribution in [3.8, 4) is 0 Å². The van der Waals surface area contributed by atoms with Gasteiger partial charge in [-0.2, -0.15) is 5.10 Å². The van der Waals surface area contributed by atoms with Gasteiger partial charge in [0.25, 0.3) is 0 Å². The summed E-state index contributed by atoms with van der Waals surface area (Å²) in [6, 6.07) is 8.01. The number of carbonyl (C=O) groups excluding carboxylic acids is 1. The van der Waals surface area contributed by atoms with E-state index < -0.39 is 0 Å². The molecule has 1 fully saturated rings. The van der Waals surface area contributed by atoms with Crippen molar-refractivity contribution in [3.63, 3.8) is 0 Å². The second kappa shape index (κ2) is 5.36. The van der Waals surface area contributed by atoms with Crippen LogP contribution < -0.4 is 10.2 Å². The molecule has 0 aliphatic carbocycles. The number of hydrogen-bond acceptors (Lipinski definition) is 3. The number of nitrogens with one attached hydrogen (secondary N) is 1. The summed E-state index contributed by atoms with van der Waals surface area (Å²) in [6.45, 7) is 1.58. The largest absolute Gasteiger partial charge is 0.381 e. The summed E-state index contributed by atoms with van der Waals surface area (Å²) < 4.78 is 1.79. The Kier molecular flexibility index (Phi) is 3.41. The van der Waals surface area contributed by atoms with Crippen molar-refractivity contribution >= 4 is 17.3 Å². The van der Waals surface area contributed by atoms with Gasteiger partial charge in [-0.15, -0.1) is 0 Å². The van der Waals surface area contributed by atoms with E-state index in [1.165, 1.54) is 0 Å². The third kappa shape index (κ3) is 2.66. The SMILES string of the molecule is Cn1cc(CNc2ccc(N3CCCC3=O)cc2)cn1. The predicted octanol–water partition coefficient (Wildman–Crippen LogP) is 2.16. The molecule has 1 saturated heterocycles. The highest BCUT2D eigenvalue weighted by atomic mass is 16.2. The normalized spacial score (nSPS) is 14.8. The molecule has 20 heavy (non-hydrogen) atoms. The molecular weight excluding hydrogens is 252 g/mol. The molecule has 0 radical (unpaired) electrons. The molecule has 2 aromatic rings. The predicted molar refractivity (Wildman–Crippen MR) is 78.6 cm³/mol. The van der Waals surface area contributed by atoms with Crippen LogP contribution in [0.5, 0.6) is 0 Å². The van der Waals surface area contributed by atoms with Gasteiger partial charge in [0.2, 0.25) is 5.91 Å². The van der Waals surface area contributed by atoms with Crippen LogP contribution >= 0.6 is 0 Å². The summed E-state index contributed by atoms with van der Waals surface area (Å²) in [5.74, 6) is 0.223. The molecule has 5 heteroatoms. The minimum atomic E-state index is 0.223. The summed E-state index contributed by atoms with van der Waals surface area (Å²) in [4.78, 5) is 13.5. The number of rotatable bonds is 4. The molecule has 0 saturated carbocycles. The van der Waals surface area contributed by atoms with Gasteiger partial charge < -0.3 is 10.2 Å². The highest BCUT2D eigenvalue weighted by Gasteiger charge is 2.21. The number of anilines is 2. The molecule has 0 unspecified atom stereocenters. The molecule has 1 amide bonds. The molecule has 0 spiro atoms. The Balaban J connectivity index is 1.62. The van der Waals surface area contributed by atoms with Gasteiger partial charge in [0, 0.05) is 49.7 Å². The third-order valence-electron chi connectivity index (χ3n) is 3.51. The number of aryl methyl sites for hydroxylation is 1. The molecule has 1 aliphatic heterocycles. The zero-order valence-corrected chi connectivity index (χ0v) is 11.5. The van der Waals surface area contributed by atoms with Crippen LogP contribution in [0, 0.1) is 0 Å². The maximum atomic E-state index is 11.7. The van der Waals surface area contributed by atoms with Crippen molar-refractivity contribution in [1.29, 1.82) is 0 Å². The van der Waals surface area contributed by atoms with E-state index in [0.29, 0.717) is 6.42 Å². The molecule has 2 heterocycles. The number of nitrogens with zero attached hydrogens (tertiary/aromatic N) is 3. The Bertz CT molecular complexity index is 603. The third-order valence-corrected chi connectivity index (χ3v) is 3.51. The Morgan fingerprint density at radius 3 is 2.70 bits per heavy atom. The van der Waals surface area contributed by atoms with Gasteiger partial charge >= 0.3 is 0 Å². The zero-order chi connectivity index (χ0) is 13.9. The van der Waals surface area contributed by atoms with Crippen LogP contribution in [-0.4, -0.2) is 22.2 Å². The number of hydrogen-bond donors (Lipinski definition) is 1. The monoisotopic (exact) mass is 270 g/mol. The Labute approximate surface area is 118 Å². The first-order valence-electron chi connectivity index (χ1n) is 6.84. The summed E-state index contributed by atoms with van der Waals surface area (Å²) in [6.07, 6.45) is 5.47. The van der Waals surface area contributed by atoms with Crippen molar-refractivity contribution in [1.82, 2.24) is 9.78 Å². The van der Waals surface area contributed by atoms with E-state index in [0.717, 1.165) is 36.4 Å². The van der Waals surface area contributed by atoms with Crippen molar-refractivity contribution in [2.75, 3.05) is 16.8 Å². The quantitative estimate of drug-likeness (QED) is 0.926. The summed E-state index contributed by atoms with van der Waals surface area (Å²) >= 11 is 0. The molecule has 1 aliphatic rings. The average molecular weight is 270 g/mol. The Morgan fingerprint density at radius 1 is 1.30 bits per heavy atom. The van der Waals surface area contributed by atoms with Crippen LogP contribution in [-0.2, 0) is 18.4 Å². The van der Waals surface area contributed by atoms with E-state index in [9.17, 15) is 4.79 Å². The lowest BCUT2D eigenvalue weighted by Gasteiger charge is -2.16. The van der Waals surface area contributed by atoms with Crippen molar-refractivity contribution in [2.45, 2.75) is 19.4 Å². The second-order valence-corrected chi connectivity index (χ2v) is 5.07. The molecule has 104 valence electrons. The maximum Gasteiger partial charge on any atom is 0.227 e. The number of carbonyl (C=O) groups is 1. The number of benzene rings is 1. The van der Waals surface area contributed by atoms with E-state index >= 15 is 0 Å². The van der Waals surface area contributed by atoms with Crippen molar-refractivity contribution < 1.29 is 4.79 Å². The van der Waals surface area contributed by atoms with Gasteiger partial charge in [-0.1, -0.05) is 0 Å². The van der Waals surface area contributed by atoms with Crippen LogP contribution in [0.1, 0.15) is 18.4 Å². The average Bonchev–Trinajstić information content (AvgIpc) is 3.06. The van der Waals surface area contributed by atoms with Gasteiger partial charge in [0.15, 0.2) is 0 Å². The smallest absolute Gasteiger partial charge is 0.227 e. The summed E-state index contributed by atoms with van der Waals surface area (Å²) in [7, 11) is 1.91. The topological polar surface area (TPSA) is 50.2 Å². The number of amides is 1. The summed E-state index contributed by atoms with van der Waals surface area (Å²) in [5, 5.41) is 7.48. The molecule has 1 aromatic heterocycles. The van der Waals surface area contributed by atoms with E-state index in [-0.39, 0.29) is 5.91 Å².